The molecule has 1 aliphatic heterocycles. The van der Waals surface area contributed by atoms with Crippen molar-refractivity contribution >= 4 is 0 Å². The van der Waals surface area contributed by atoms with Gasteiger partial charge >= 0.3 is 0 Å². The summed E-state index contributed by atoms with van der Waals surface area (Å²) in [4.78, 5) is 4.03. The molecule has 0 aliphatic carbocycles. The van der Waals surface area contributed by atoms with Crippen LogP contribution in [0.1, 0.15) is 30.9 Å². The van der Waals surface area contributed by atoms with Crippen molar-refractivity contribution in [2.75, 3.05) is 13.2 Å². The second kappa shape index (κ2) is 5.28. The molecule has 1 aromatic heterocycles. The summed E-state index contributed by atoms with van der Waals surface area (Å²) in [6.07, 6.45) is 5.87. The van der Waals surface area contributed by atoms with Crippen LogP contribution in [0.25, 0.3) is 0 Å². The van der Waals surface area contributed by atoms with Crippen LogP contribution in [0.3, 0.4) is 0 Å². The highest BCUT2D eigenvalue weighted by Crippen LogP contribution is 2.14. The zero-order valence-corrected chi connectivity index (χ0v) is 9.07. The number of ether oxygens (including phenoxy) is 2. The molecule has 0 bridgehead atoms. The highest BCUT2D eigenvalue weighted by molar-refractivity contribution is 4.92. The molecule has 1 unspecified atom stereocenters. The Balaban J connectivity index is 1.65. The van der Waals surface area contributed by atoms with Gasteiger partial charge in [-0.25, -0.2) is 4.98 Å². The van der Waals surface area contributed by atoms with E-state index < -0.39 is 0 Å². The third kappa shape index (κ3) is 3.32. The lowest BCUT2D eigenvalue weighted by Crippen LogP contribution is -2.23. The van der Waals surface area contributed by atoms with Crippen LogP contribution in [0.2, 0.25) is 0 Å². The number of aryl methyl sites for hydroxylation is 1. The van der Waals surface area contributed by atoms with E-state index in [9.17, 15) is 0 Å². The number of aromatic nitrogens is 1. The predicted molar refractivity (Wildman–Crippen MR) is 54.5 cm³/mol. The summed E-state index contributed by atoms with van der Waals surface area (Å²) in [5.41, 5.74) is 0. The van der Waals surface area contributed by atoms with Crippen LogP contribution in [0.15, 0.2) is 10.6 Å². The molecule has 0 amide bonds. The molecule has 4 heteroatoms. The van der Waals surface area contributed by atoms with Crippen molar-refractivity contribution in [1.29, 1.82) is 0 Å². The average molecular weight is 211 g/mol. The summed E-state index contributed by atoms with van der Waals surface area (Å²) in [5, 5.41) is 0. The van der Waals surface area contributed by atoms with Gasteiger partial charge in [0.05, 0.1) is 12.8 Å². The molecule has 2 rings (SSSR count). The number of oxazole rings is 1. The molecule has 1 saturated heterocycles. The Labute approximate surface area is 89.6 Å². The monoisotopic (exact) mass is 211 g/mol. The third-order valence-electron chi connectivity index (χ3n) is 2.46. The minimum Gasteiger partial charge on any atom is -0.446 e. The molecule has 1 fully saturated rings. The molecule has 1 aromatic rings. The van der Waals surface area contributed by atoms with Gasteiger partial charge in [-0.05, 0) is 19.3 Å². The van der Waals surface area contributed by atoms with E-state index in [2.05, 4.69) is 4.98 Å². The third-order valence-corrected chi connectivity index (χ3v) is 2.46. The predicted octanol–water partition coefficient (Wildman–Crippen LogP) is 2.07. The summed E-state index contributed by atoms with van der Waals surface area (Å²) in [7, 11) is 0. The topological polar surface area (TPSA) is 44.5 Å². The maximum Gasteiger partial charge on any atom is 0.191 e. The van der Waals surface area contributed by atoms with Crippen LogP contribution >= 0.6 is 0 Å². The van der Waals surface area contributed by atoms with Gasteiger partial charge in [0.2, 0.25) is 0 Å². The zero-order valence-electron chi connectivity index (χ0n) is 9.07. The minimum atomic E-state index is -0.0113. The molecule has 0 N–H and O–H groups in total. The molecule has 84 valence electrons. The Morgan fingerprint density at radius 1 is 1.53 bits per heavy atom. The first-order valence-corrected chi connectivity index (χ1v) is 5.49. The molecular formula is C11H17NO3. The Hall–Kier alpha value is -0.870. The zero-order chi connectivity index (χ0) is 10.5. The molecule has 0 saturated carbocycles. The van der Waals surface area contributed by atoms with E-state index in [0.717, 1.165) is 31.6 Å². The van der Waals surface area contributed by atoms with Gasteiger partial charge in [0, 0.05) is 20.0 Å². The normalized spacial score (nSPS) is 21.8. The van der Waals surface area contributed by atoms with E-state index in [-0.39, 0.29) is 6.29 Å². The largest absolute Gasteiger partial charge is 0.446 e. The Kier molecular flexibility index (Phi) is 3.75. The molecule has 0 spiro atoms. The first-order chi connectivity index (χ1) is 7.34. The van der Waals surface area contributed by atoms with E-state index in [1.165, 1.54) is 6.42 Å². The smallest absolute Gasteiger partial charge is 0.191 e. The van der Waals surface area contributed by atoms with E-state index >= 15 is 0 Å². The lowest BCUT2D eigenvalue weighted by molar-refractivity contribution is -0.162. The lowest BCUT2D eigenvalue weighted by Gasteiger charge is -2.22. The standard InChI is InChI=1S/C11H17NO3/c1-9-12-8-10(15-9)5-7-14-11-4-2-3-6-13-11/h8,11H,2-7H2,1H3. The maximum absolute atomic E-state index is 5.59. The highest BCUT2D eigenvalue weighted by Gasteiger charge is 2.13. The number of hydrogen-bond donors (Lipinski definition) is 0. The Morgan fingerprint density at radius 3 is 3.13 bits per heavy atom. The van der Waals surface area contributed by atoms with E-state index in [0.29, 0.717) is 12.5 Å². The van der Waals surface area contributed by atoms with E-state index in [1.54, 1.807) is 6.20 Å². The molecule has 0 radical (unpaired) electrons. The second-order valence-corrected chi connectivity index (χ2v) is 3.76. The molecular weight excluding hydrogens is 194 g/mol. The van der Waals surface area contributed by atoms with Crippen molar-refractivity contribution in [3.05, 3.63) is 17.8 Å². The van der Waals surface area contributed by atoms with Gasteiger partial charge in [-0.2, -0.15) is 0 Å². The molecule has 4 nitrogen and oxygen atoms in total. The average Bonchev–Trinajstić information content (AvgIpc) is 2.66. The Bertz CT molecular complexity index is 292. The molecule has 1 atom stereocenters. The van der Waals surface area contributed by atoms with Crippen molar-refractivity contribution in [1.82, 2.24) is 4.98 Å². The molecule has 0 aromatic carbocycles. The van der Waals surface area contributed by atoms with Crippen molar-refractivity contribution in [2.45, 2.75) is 38.9 Å². The number of hydrogen-bond acceptors (Lipinski definition) is 4. The quantitative estimate of drug-likeness (QED) is 0.764. The summed E-state index contributed by atoms with van der Waals surface area (Å²) < 4.78 is 16.4. The van der Waals surface area contributed by atoms with Gasteiger partial charge in [-0.1, -0.05) is 0 Å². The van der Waals surface area contributed by atoms with Gasteiger partial charge in [0.15, 0.2) is 12.2 Å². The number of rotatable bonds is 4. The summed E-state index contributed by atoms with van der Waals surface area (Å²) in [5.74, 6) is 1.59. The van der Waals surface area contributed by atoms with Gasteiger partial charge in [-0.3, -0.25) is 0 Å². The Morgan fingerprint density at radius 2 is 2.47 bits per heavy atom. The van der Waals surface area contributed by atoms with Crippen molar-refractivity contribution in [2.24, 2.45) is 0 Å². The summed E-state index contributed by atoms with van der Waals surface area (Å²) >= 11 is 0. The minimum absolute atomic E-state index is 0.0113. The van der Waals surface area contributed by atoms with Crippen LogP contribution < -0.4 is 0 Å². The maximum atomic E-state index is 5.59. The van der Waals surface area contributed by atoms with E-state index in [4.69, 9.17) is 13.9 Å². The van der Waals surface area contributed by atoms with Crippen LogP contribution in [-0.4, -0.2) is 24.5 Å². The van der Waals surface area contributed by atoms with Crippen molar-refractivity contribution in [3.63, 3.8) is 0 Å². The SMILES string of the molecule is Cc1ncc(CCOC2CCCCO2)o1. The highest BCUT2D eigenvalue weighted by atomic mass is 16.7. The first kappa shape index (κ1) is 10.6. The van der Waals surface area contributed by atoms with Crippen LogP contribution in [0.4, 0.5) is 0 Å². The van der Waals surface area contributed by atoms with Crippen LogP contribution in [0, 0.1) is 6.92 Å². The van der Waals surface area contributed by atoms with Gasteiger partial charge in [0.25, 0.3) is 0 Å². The summed E-state index contributed by atoms with van der Waals surface area (Å²) in [6, 6.07) is 0. The first-order valence-electron chi connectivity index (χ1n) is 5.49. The van der Waals surface area contributed by atoms with Crippen LogP contribution in [-0.2, 0) is 15.9 Å². The van der Waals surface area contributed by atoms with Gasteiger partial charge in [-0.15, -0.1) is 0 Å². The fourth-order valence-corrected chi connectivity index (χ4v) is 1.65. The fourth-order valence-electron chi connectivity index (χ4n) is 1.65. The lowest BCUT2D eigenvalue weighted by atomic mass is 10.2. The van der Waals surface area contributed by atoms with Crippen molar-refractivity contribution < 1.29 is 13.9 Å². The molecule has 2 heterocycles. The van der Waals surface area contributed by atoms with Crippen molar-refractivity contribution in [3.8, 4) is 0 Å². The van der Waals surface area contributed by atoms with E-state index in [1.807, 2.05) is 6.92 Å². The summed E-state index contributed by atoms with van der Waals surface area (Å²) in [6.45, 7) is 3.31. The fraction of sp³-hybridized carbons (Fsp3) is 0.727. The van der Waals surface area contributed by atoms with Gasteiger partial charge in [0.1, 0.15) is 5.76 Å². The molecule has 15 heavy (non-hydrogen) atoms. The molecule has 1 aliphatic rings. The second-order valence-electron chi connectivity index (χ2n) is 3.76. The van der Waals surface area contributed by atoms with Gasteiger partial charge < -0.3 is 13.9 Å². The van der Waals surface area contributed by atoms with Crippen LogP contribution in [0.5, 0.6) is 0 Å². The number of nitrogens with zero attached hydrogens (tertiary/aromatic N) is 1.